The van der Waals surface area contributed by atoms with Gasteiger partial charge in [0.1, 0.15) is 0 Å². The van der Waals surface area contributed by atoms with E-state index in [1.165, 1.54) is 6.08 Å². The Hall–Kier alpha value is -1.95. The molecule has 0 bridgehead atoms. The first kappa shape index (κ1) is 14.5. The van der Waals surface area contributed by atoms with Gasteiger partial charge < -0.3 is 5.11 Å². The summed E-state index contributed by atoms with van der Waals surface area (Å²) in [6, 6.07) is 0. The van der Waals surface area contributed by atoms with E-state index >= 15 is 0 Å². The fourth-order valence-corrected chi connectivity index (χ4v) is 3.15. The fourth-order valence-electron chi connectivity index (χ4n) is 2.76. The normalized spacial score (nSPS) is 22.8. The molecule has 0 aromatic rings. The minimum Gasteiger partial charge on any atom is -0.481 e. The third-order valence-electron chi connectivity index (χ3n) is 3.59. The molecule has 1 unspecified atom stereocenters. The Bertz CT molecular complexity index is 727. The van der Waals surface area contributed by atoms with E-state index in [1.807, 2.05) is 0 Å². The van der Waals surface area contributed by atoms with Crippen molar-refractivity contribution in [3.8, 4) is 0 Å². The molecule has 6 heteroatoms. The molecule has 3 rings (SSSR count). The minimum atomic E-state index is -2.26. The second-order valence-electron chi connectivity index (χ2n) is 4.72. The molecule has 0 amide bonds. The summed E-state index contributed by atoms with van der Waals surface area (Å²) in [5.74, 6) is -0.882. The first-order valence-corrected chi connectivity index (χ1v) is 7.04. The van der Waals surface area contributed by atoms with Gasteiger partial charge in [-0.2, -0.15) is 8.42 Å². The topological polar surface area (TPSA) is 83.8 Å². The van der Waals surface area contributed by atoms with Crippen molar-refractivity contribution in [2.24, 2.45) is 10.9 Å². The molecule has 0 saturated heterocycles. The maximum Gasteiger partial charge on any atom is 0.304 e. The van der Waals surface area contributed by atoms with Crippen molar-refractivity contribution in [3.63, 3.8) is 0 Å². The molecule has 5 nitrogen and oxygen atoms in total. The van der Waals surface area contributed by atoms with E-state index in [0.29, 0.717) is 0 Å². The Kier molecular flexibility index (Phi) is 3.76. The van der Waals surface area contributed by atoms with E-state index in [-0.39, 0.29) is 24.6 Å². The third-order valence-corrected chi connectivity index (χ3v) is 4.23. The van der Waals surface area contributed by atoms with E-state index in [1.54, 1.807) is 12.2 Å². The maximum absolute atomic E-state index is 11.0. The number of carboxylic acids is 1. The largest absolute Gasteiger partial charge is 0.481 e. The Morgan fingerprint density at radius 2 is 2.15 bits per heavy atom. The number of aliphatic carboxylic acids is 1. The van der Waals surface area contributed by atoms with Crippen molar-refractivity contribution < 1.29 is 18.3 Å². The van der Waals surface area contributed by atoms with E-state index in [0.717, 1.165) is 35.4 Å². The van der Waals surface area contributed by atoms with Crippen molar-refractivity contribution in [2.75, 3.05) is 0 Å². The van der Waals surface area contributed by atoms with Crippen molar-refractivity contribution in [2.45, 2.75) is 26.7 Å². The van der Waals surface area contributed by atoms with Crippen LogP contribution in [0.4, 0.5) is 0 Å². The number of allylic oxidation sites excluding steroid dienone is 6. The van der Waals surface area contributed by atoms with Crippen LogP contribution in [-0.2, 0) is 15.1 Å². The van der Waals surface area contributed by atoms with Crippen molar-refractivity contribution in [1.82, 2.24) is 0 Å². The summed E-state index contributed by atoms with van der Waals surface area (Å²) < 4.78 is 22.0. The summed E-state index contributed by atoms with van der Waals surface area (Å²) in [6.07, 6.45) is 6.42. The predicted molar refractivity (Wildman–Crippen MR) is 77.3 cm³/mol. The molecule has 0 spiro atoms. The second kappa shape index (κ2) is 5.20. The molecular formula is C14H15NO4S. The predicted octanol–water partition coefficient (Wildman–Crippen LogP) is 1.76. The van der Waals surface area contributed by atoms with Gasteiger partial charge in [0, 0.05) is 17.2 Å². The molecule has 1 aliphatic heterocycles. The molecule has 0 aromatic heterocycles. The zero-order valence-corrected chi connectivity index (χ0v) is 10.8. The Balaban J connectivity index is 0.00000147. The fraction of sp³-hybridized carbons (Fsp3) is 0.357. The number of carboxylic acid groups (broad SMARTS) is 1. The Morgan fingerprint density at radius 1 is 1.40 bits per heavy atom. The van der Waals surface area contributed by atoms with Crippen LogP contribution in [-0.4, -0.2) is 30.1 Å². The molecule has 3 aliphatic rings. The van der Waals surface area contributed by atoms with Crippen molar-refractivity contribution in [1.29, 1.82) is 0 Å². The first-order valence-electron chi connectivity index (χ1n) is 5.96. The lowest BCUT2D eigenvalue weighted by Gasteiger charge is -2.09. The summed E-state index contributed by atoms with van der Waals surface area (Å²) in [6.45, 7) is 0. The lowest BCUT2D eigenvalue weighted by molar-refractivity contribution is -0.137. The highest BCUT2D eigenvalue weighted by molar-refractivity contribution is 7.73. The minimum absolute atomic E-state index is 0. The highest BCUT2D eigenvalue weighted by Gasteiger charge is 2.34. The van der Waals surface area contributed by atoms with Gasteiger partial charge in [0.15, 0.2) is 0 Å². The van der Waals surface area contributed by atoms with Crippen LogP contribution in [0.25, 0.3) is 0 Å². The molecule has 106 valence electrons. The quantitative estimate of drug-likeness (QED) is 0.786. The molecule has 0 fully saturated rings. The SMILES string of the molecule is C.O=C(O)CC1CCC2=C1N=C1C=CC(=S(=O)=O)C=C12. The monoisotopic (exact) mass is 293 g/mol. The van der Waals surface area contributed by atoms with Crippen LogP contribution in [0.15, 0.2) is 40.1 Å². The highest BCUT2D eigenvalue weighted by Crippen LogP contribution is 2.43. The van der Waals surface area contributed by atoms with Crippen LogP contribution in [0.5, 0.6) is 0 Å². The number of nitrogens with zero attached hydrogens (tertiary/aromatic N) is 1. The summed E-state index contributed by atoms with van der Waals surface area (Å²) in [5.41, 5.74) is 3.42. The van der Waals surface area contributed by atoms with Gasteiger partial charge in [-0.05, 0) is 36.6 Å². The van der Waals surface area contributed by atoms with Gasteiger partial charge in [-0.25, -0.2) is 0 Å². The number of aliphatic imine (C=N–C) groups is 1. The Labute approximate surface area is 118 Å². The molecule has 1 heterocycles. The molecule has 2 aliphatic carbocycles. The van der Waals surface area contributed by atoms with Crippen LogP contribution in [0.2, 0.25) is 0 Å². The molecule has 0 saturated carbocycles. The average molecular weight is 293 g/mol. The lowest BCUT2D eigenvalue weighted by Crippen LogP contribution is -2.08. The van der Waals surface area contributed by atoms with E-state index in [9.17, 15) is 13.2 Å². The highest BCUT2D eigenvalue weighted by atomic mass is 32.2. The number of hydrogen-bond acceptors (Lipinski definition) is 4. The average Bonchev–Trinajstić information content (AvgIpc) is 2.88. The van der Waals surface area contributed by atoms with Gasteiger partial charge >= 0.3 is 5.97 Å². The number of fused-ring (bicyclic) bond motifs is 2. The first-order chi connectivity index (χ1) is 9.06. The Morgan fingerprint density at radius 3 is 2.80 bits per heavy atom. The van der Waals surface area contributed by atoms with E-state index in [2.05, 4.69) is 4.99 Å². The molecule has 0 aromatic carbocycles. The van der Waals surface area contributed by atoms with E-state index < -0.39 is 16.3 Å². The third kappa shape index (κ3) is 2.27. The molecule has 20 heavy (non-hydrogen) atoms. The van der Waals surface area contributed by atoms with Crippen LogP contribution in [0, 0.1) is 5.92 Å². The smallest absolute Gasteiger partial charge is 0.304 e. The van der Waals surface area contributed by atoms with Crippen molar-refractivity contribution >= 4 is 26.8 Å². The zero-order valence-electron chi connectivity index (χ0n) is 9.96. The number of rotatable bonds is 2. The van der Waals surface area contributed by atoms with Gasteiger partial charge in [0.25, 0.3) is 0 Å². The maximum atomic E-state index is 11.0. The second-order valence-corrected chi connectivity index (χ2v) is 5.66. The van der Waals surface area contributed by atoms with Crippen LogP contribution >= 0.6 is 0 Å². The van der Waals surface area contributed by atoms with Gasteiger partial charge in [-0.1, -0.05) is 7.43 Å². The van der Waals surface area contributed by atoms with Crippen LogP contribution in [0.1, 0.15) is 26.7 Å². The zero-order chi connectivity index (χ0) is 13.6. The number of hydrogen-bond donors (Lipinski definition) is 1. The van der Waals surface area contributed by atoms with Crippen molar-refractivity contribution in [3.05, 3.63) is 35.1 Å². The summed E-state index contributed by atoms with van der Waals surface area (Å²) in [5, 5.41) is 8.88. The van der Waals surface area contributed by atoms with Crippen LogP contribution < -0.4 is 0 Å². The van der Waals surface area contributed by atoms with Gasteiger partial charge in [0.2, 0.25) is 10.3 Å². The van der Waals surface area contributed by atoms with Gasteiger partial charge in [0.05, 0.1) is 17.0 Å². The molecule has 0 radical (unpaired) electrons. The van der Waals surface area contributed by atoms with E-state index in [4.69, 9.17) is 5.11 Å². The molecule has 1 N–H and O–H groups in total. The number of carbonyl (C=O) groups is 1. The summed E-state index contributed by atoms with van der Waals surface area (Å²) in [7, 11) is -2.26. The van der Waals surface area contributed by atoms with Gasteiger partial charge in [-0.3, -0.25) is 9.79 Å². The summed E-state index contributed by atoms with van der Waals surface area (Å²) >= 11 is 0. The lowest BCUT2D eigenvalue weighted by atomic mass is 9.97. The summed E-state index contributed by atoms with van der Waals surface area (Å²) in [4.78, 5) is 15.5. The molecule has 1 atom stereocenters. The standard InChI is InChI=1S/C13H11NO4S.CH4/c15-12(16)5-7-1-3-9-10-6-8(19(17)18)2-4-11(10)14-13(7)9;/h2,4,6-7H,1,3,5H2,(H,15,16);1H4. The van der Waals surface area contributed by atoms with Gasteiger partial charge in [-0.15, -0.1) is 0 Å². The molecular weight excluding hydrogens is 278 g/mol. The van der Waals surface area contributed by atoms with Crippen LogP contribution in [0.3, 0.4) is 0 Å².